The normalized spacial score (nSPS) is 9.43. The van der Waals surface area contributed by atoms with Crippen molar-refractivity contribution in [3.63, 3.8) is 0 Å². The summed E-state index contributed by atoms with van der Waals surface area (Å²) in [5.41, 5.74) is 0. The molecule has 4 nitrogen and oxygen atoms in total. The molecule has 0 aliphatic rings. The third kappa shape index (κ3) is 4.78. The van der Waals surface area contributed by atoms with E-state index in [-0.39, 0.29) is 0 Å². The van der Waals surface area contributed by atoms with Crippen molar-refractivity contribution in [3.05, 3.63) is 5.82 Å². The van der Waals surface area contributed by atoms with E-state index in [2.05, 4.69) is 15.5 Å². The molecule has 0 bridgehead atoms. The Morgan fingerprint density at radius 3 is 1.64 bits per heavy atom. The van der Waals surface area contributed by atoms with Gasteiger partial charge in [-0.05, 0) is 10.4 Å². The van der Waals surface area contributed by atoms with E-state index in [0.29, 0.717) is 4.68 Å². The van der Waals surface area contributed by atoms with Crippen LogP contribution < -0.4 is 0 Å². The maximum atomic E-state index is 11.7. The highest BCUT2D eigenvalue weighted by Crippen LogP contribution is 2.25. The van der Waals surface area contributed by atoms with Crippen molar-refractivity contribution in [1.82, 2.24) is 20.2 Å². The van der Waals surface area contributed by atoms with Gasteiger partial charge in [-0.3, -0.25) is 0 Å². The first-order chi connectivity index (χ1) is 6.52. The van der Waals surface area contributed by atoms with Crippen LogP contribution in [0.25, 0.3) is 0 Å². The third-order valence-electron chi connectivity index (χ3n) is 0.874. The standard InChI is InChI=1S/C3H3F3N4.2C2H6/c1-10-2(3(4,5)6)7-8-9-10;2*1-2/h1H3;2*1-2H3. The summed E-state index contributed by atoms with van der Waals surface area (Å²) in [7, 11) is 1.13. The van der Waals surface area contributed by atoms with Gasteiger partial charge in [-0.15, -0.1) is 5.10 Å². The van der Waals surface area contributed by atoms with Crippen molar-refractivity contribution < 1.29 is 13.2 Å². The number of alkyl halides is 3. The summed E-state index contributed by atoms with van der Waals surface area (Å²) in [5, 5.41) is 8.61. The van der Waals surface area contributed by atoms with E-state index in [0.717, 1.165) is 7.05 Å². The quantitative estimate of drug-likeness (QED) is 0.662. The summed E-state index contributed by atoms with van der Waals surface area (Å²) in [5.74, 6) is -1.09. The Morgan fingerprint density at radius 2 is 1.50 bits per heavy atom. The third-order valence-corrected chi connectivity index (χ3v) is 0.874. The van der Waals surface area contributed by atoms with E-state index < -0.39 is 12.0 Å². The van der Waals surface area contributed by atoms with Gasteiger partial charge in [0, 0.05) is 7.05 Å². The average Bonchev–Trinajstić information content (AvgIpc) is 2.58. The Labute approximate surface area is 81.1 Å². The Morgan fingerprint density at radius 1 is 1.07 bits per heavy atom. The fourth-order valence-electron chi connectivity index (χ4n) is 0.470. The first-order valence-corrected chi connectivity index (χ1v) is 4.31. The maximum absolute atomic E-state index is 11.7. The zero-order chi connectivity index (χ0) is 11.8. The van der Waals surface area contributed by atoms with Crippen LogP contribution in [0.1, 0.15) is 33.5 Å². The molecule has 0 N–H and O–H groups in total. The highest BCUT2D eigenvalue weighted by Gasteiger charge is 2.36. The minimum absolute atomic E-state index is 0.569. The highest BCUT2D eigenvalue weighted by atomic mass is 19.4. The summed E-state index contributed by atoms with van der Waals surface area (Å²) < 4.78 is 35.7. The van der Waals surface area contributed by atoms with Gasteiger partial charge in [-0.25, -0.2) is 4.68 Å². The predicted molar refractivity (Wildman–Crippen MR) is 46.5 cm³/mol. The minimum Gasteiger partial charge on any atom is -0.225 e. The van der Waals surface area contributed by atoms with E-state index in [4.69, 9.17) is 0 Å². The van der Waals surface area contributed by atoms with Gasteiger partial charge in [0.1, 0.15) is 0 Å². The number of tetrazole rings is 1. The number of halogens is 3. The largest absolute Gasteiger partial charge is 0.453 e. The molecular weight excluding hydrogens is 197 g/mol. The molecule has 1 aromatic heterocycles. The monoisotopic (exact) mass is 212 g/mol. The van der Waals surface area contributed by atoms with Gasteiger partial charge in [-0.2, -0.15) is 13.2 Å². The first kappa shape index (κ1) is 15.3. The molecule has 0 aliphatic heterocycles. The molecule has 0 radical (unpaired) electrons. The topological polar surface area (TPSA) is 43.6 Å². The highest BCUT2D eigenvalue weighted by molar-refractivity contribution is 4.85. The molecule has 0 aliphatic carbocycles. The van der Waals surface area contributed by atoms with Crippen molar-refractivity contribution in [2.45, 2.75) is 33.9 Å². The lowest BCUT2D eigenvalue weighted by molar-refractivity contribution is -0.147. The van der Waals surface area contributed by atoms with Gasteiger partial charge >= 0.3 is 6.18 Å². The van der Waals surface area contributed by atoms with Crippen LogP contribution >= 0.6 is 0 Å². The maximum Gasteiger partial charge on any atom is 0.453 e. The summed E-state index contributed by atoms with van der Waals surface area (Å²) in [6, 6.07) is 0. The SMILES string of the molecule is CC.CC.Cn1nnnc1C(F)(F)F. The molecule has 0 amide bonds. The van der Waals surface area contributed by atoms with Crippen LogP contribution in [0.2, 0.25) is 0 Å². The van der Waals surface area contributed by atoms with Gasteiger partial charge in [0.15, 0.2) is 0 Å². The predicted octanol–water partition coefficient (Wildman–Crippen LogP) is 2.28. The van der Waals surface area contributed by atoms with Crippen LogP contribution in [-0.4, -0.2) is 20.2 Å². The lowest BCUT2D eigenvalue weighted by Gasteiger charge is -2.00. The second kappa shape index (κ2) is 7.28. The molecule has 0 saturated heterocycles. The zero-order valence-corrected chi connectivity index (χ0v) is 8.92. The molecule has 0 saturated carbocycles. The molecule has 0 fully saturated rings. The number of aromatic nitrogens is 4. The zero-order valence-electron chi connectivity index (χ0n) is 8.92. The van der Waals surface area contributed by atoms with Crippen LogP contribution in [0.3, 0.4) is 0 Å². The fraction of sp³-hybridized carbons (Fsp3) is 0.857. The second-order valence-corrected chi connectivity index (χ2v) is 1.62. The molecule has 14 heavy (non-hydrogen) atoms. The molecule has 0 unspecified atom stereocenters. The van der Waals surface area contributed by atoms with Gasteiger partial charge in [0.05, 0.1) is 0 Å². The lowest BCUT2D eigenvalue weighted by atomic mass is 10.6. The molecule has 1 heterocycles. The smallest absolute Gasteiger partial charge is 0.225 e. The van der Waals surface area contributed by atoms with Crippen molar-refractivity contribution >= 4 is 0 Å². The molecule has 1 rings (SSSR count). The van der Waals surface area contributed by atoms with E-state index >= 15 is 0 Å². The molecule has 0 aromatic carbocycles. The van der Waals surface area contributed by atoms with Gasteiger partial charge in [-0.1, -0.05) is 27.7 Å². The van der Waals surface area contributed by atoms with Gasteiger partial charge in [0.25, 0.3) is 5.82 Å². The van der Waals surface area contributed by atoms with Crippen LogP contribution in [0.5, 0.6) is 0 Å². The van der Waals surface area contributed by atoms with E-state index in [1.54, 1.807) is 0 Å². The Bertz CT molecular complexity index is 231. The first-order valence-electron chi connectivity index (χ1n) is 4.31. The van der Waals surface area contributed by atoms with Gasteiger partial charge < -0.3 is 0 Å². The number of nitrogens with zero attached hydrogens (tertiary/aromatic N) is 4. The van der Waals surface area contributed by atoms with Crippen molar-refractivity contribution in [2.24, 2.45) is 7.05 Å². The van der Waals surface area contributed by atoms with Crippen LogP contribution in [0.4, 0.5) is 13.2 Å². The number of aryl methyl sites for hydroxylation is 1. The van der Waals surface area contributed by atoms with E-state index in [1.807, 2.05) is 27.7 Å². The van der Waals surface area contributed by atoms with Crippen LogP contribution in [0.15, 0.2) is 0 Å². The Balaban J connectivity index is 0. The number of hydrogen-bond donors (Lipinski definition) is 0. The lowest BCUT2D eigenvalue weighted by Crippen LogP contribution is -2.13. The Kier molecular flexibility index (Phi) is 7.98. The Hall–Kier alpha value is -1.14. The molecule has 84 valence electrons. The molecular formula is C7H15F3N4. The van der Waals surface area contributed by atoms with Crippen molar-refractivity contribution in [1.29, 1.82) is 0 Å². The summed E-state index contributed by atoms with van der Waals surface area (Å²) >= 11 is 0. The summed E-state index contributed by atoms with van der Waals surface area (Å²) in [4.78, 5) is 0. The van der Waals surface area contributed by atoms with Crippen LogP contribution in [0, 0.1) is 0 Å². The minimum atomic E-state index is -4.46. The second-order valence-electron chi connectivity index (χ2n) is 1.62. The van der Waals surface area contributed by atoms with Crippen molar-refractivity contribution in [2.75, 3.05) is 0 Å². The van der Waals surface area contributed by atoms with Gasteiger partial charge in [0.2, 0.25) is 0 Å². The van der Waals surface area contributed by atoms with Crippen LogP contribution in [-0.2, 0) is 13.2 Å². The molecule has 7 heteroatoms. The van der Waals surface area contributed by atoms with E-state index in [9.17, 15) is 13.2 Å². The fourth-order valence-corrected chi connectivity index (χ4v) is 0.470. The molecule has 1 aromatic rings. The van der Waals surface area contributed by atoms with E-state index in [1.165, 1.54) is 0 Å². The average molecular weight is 212 g/mol. The summed E-state index contributed by atoms with van der Waals surface area (Å²) in [6.45, 7) is 8.00. The number of rotatable bonds is 0. The molecule has 0 spiro atoms. The van der Waals surface area contributed by atoms with Crippen molar-refractivity contribution in [3.8, 4) is 0 Å². The number of hydrogen-bond acceptors (Lipinski definition) is 3. The summed E-state index contributed by atoms with van der Waals surface area (Å²) in [6.07, 6.45) is -4.46. The molecule has 0 atom stereocenters.